The maximum Gasteiger partial charge on any atom is 0.336 e. The second-order valence-electron chi connectivity index (χ2n) is 8.29. The monoisotopic (exact) mass is 478 g/mol. The van der Waals surface area contributed by atoms with Crippen LogP contribution in [-0.4, -0.2) is 36.4 Å². The van der Waals surface area contributed by atoms with Crippen LogP contribution in [0.25, 0.3) is 11.0 Å². The van der Waals surface area contributed by atoms with Gasteiger partial charge in [0.25, 0.3) is 0 Å². The van der Waals surface area contributed by atoms with E-state index >= 15 is 0 Å². The molecule has 0 fully saturated rings. The van der Waals surface area contributed by atoms with Crippen molar-refractivity contribution >= 4 is 34.4 Å². The Bertz CT molecular complexity index is 1260. The molecule has 0 radical (unpaired) electrons. The van der Waals surface area contributed by atoms with Crippen LogP contribution < -0.4 is 33.0 Å². The van der Waals surface area contributed by atoms with Gasteiger partial charge in [-0.2, -0.15) is 0 Å². The minimum atomic E-state index is -0.877. The molecule has 0 saturated carbocycles. The lowest BCUT2D eigenvalue weighted by Crippen LogP contribution is -2.50. The van der Waals surface area contributed by atoms with Crippen molar-refractivity contribution in [2.24, 2.45) is 11.5 Å². The van der Waals surface area contributed by atoms with E-state index in [0.29, 0.717) is 30.7 Å². The SMILES string of the molecule is Cc1cc(=O)oc2cc(NC(=O)[C@H](CCCNC(=N)N)NC(=O)[C@@H](N)Cc3ccccc3)ccc12. The number of hydrogen-bond acceptors (Lipinski definition) is 6. The molecule has 8 N–H and O–H groups in total. The van der Waals surface area contributed by atoms with Crippen molar-refractivity contribution in [1.29, 1.82) is 5.41 Å². The summed E-state index contributed by atoms with van der Waals surface area (Å²) in [5.74, 6) is -1.07. The number of nitrogens with one attached hydrogen (secondary N) is 4. The predicted molar refractivity (Wildman–Crippen MR) is 135 cm³/mol. The fourth-order valence-electron chi connectivity index (χ4n) is 3.67. The summed E-state index contributed by atoms with van der Waals surface area (Å²) in [5, 5.41) is 16.2. The van der Waals surface area contributed by atoms with Crippen LogP contribution in [0.15, 0.2) is 63.8 Å². The summed E-state index contributed by atoms with van der Waals surface area (Å²) in [6, 6.07) is 14.1. The minimum absolute atomic E-state index is 0.173. The van der Waals surface area contributed by atoms with Crippen molar-refractivity contribution in [1.82, 2.24) is 10.6 Å². The van der Waals surface area contributed by atoms with Crippen LogP contribution in [0.1, 0.15) is 24.0 Å². The zero-order valence-corrected chi connectivity index (χ0v) is 19.5. The number of benzene rings is 2. The van der Waals surface area contributed by atoms with Crippen molar-refractivity contribution in [3.8, 4) is 0 Å². The molecule has 1 heterocycles. The summed E-state index contributed by atoms with van der Waals surface area (Å²) in [6.45, 7) is 2.17. The third-order valence-corrected chi connectivity index (χ3v) is 5.47. The summed E-state index contributed by atoms with van der Waals surface area (Å²) in [4.78, 5) is 37.6. The Hall–Kier alpha value is -4.18. The average Bonchev–Trinajstić information content (AvgIpc) is 2.81. The molecule has 3 aromatic rings. The van der Waals surface area contributed by atoms with Gasteiger partial charge in [-0.15, -0.1) is 0 Å². The average molecular weight is 479 g/mol. The second kappa shape index (κ2) is 11.8. The van der Waals surface area contributed by atoms with Crippen LogP contribution in [0.2, 0.25) is 0 Å². The number of carbonyl (C=O) groups excluding carboxylic acids is 2. The fourth-order valence-corrected chi connectivity index (χ4v) is 3.67. The third-order valence-electron chi connectivity index (χ3n) is 5.47. The second-order valence-corrected chi connectivity index (χ2v) is 8.29. The minimum Gasteiger partial charge on any atom is -0.423 e. The van der Waals surface area contributed by atoms with Crippen molar-refractivity contribution in [3.63, 3.8) is 0 Å². The first-order valence-electron chi connectivity index (χ1n) is 11.3. The first-order chi connectivity index (χ1) is 16.7. The van der Waals surface area contributed by atoms with Crippen molar-refractivity contribution in [2.45, 2.75) is 38.3 Å². The Labute approximate surface area is 202 Å². The molecule has 2 atom stereocenters. The van der Waals surface area contributed by atoms with E-state index < -0.39 is 29.5 Å². The molecule has 0 bridgehead atoms. The van der Waals surface area contributed by atoms with Gasteiger partial charge >= 0.3 is 5.63 Å². The quantitative estimate of drug-likeness (QED) is 0.110. The lowest BCUT2D eigenvalue weighted by atomic mass is 10.0. The van der Waals surface area contributed by atoms with Crippen LogP contribution in [0.3, 0.4) is 0 Å². The fraction of sp³-hybridized carbons (Fsp3) is 0.280. The zero-order chi connectivity index (χ0) is 25.4. The van der Waals surface area contributed by atoms with Crippen LogP contribution in [-0.2, 0) is 16.0 Å². The van der Waals surface area contributed by atoms with E-state index in [1.165, 1.54) is 6.07 Å². The molecule has 0 aliphatic rings. The molecule has 0 spiro atoms. The molecule has 3 rings (SSSR count). The Morgan fingerprint density at radius 3 is 2.54 bits per heavy atom. The highest BCUT2D eigenvalue weighted by molar-refractivity contribution is 5.99. The highest BCUT2D eigenvalue weighted by Gasteiger charge is 2.24. The Kier molecular flexibility index (Phi) is 8.58. The van der Waals surface area contributed by atoms with Gasteiger partial charge in [0, 0.05) is 29.8 Å². The molecule has 0 aliphatic heterocycles. The molecule has 2 aromatic carbocycles. The van der Waals surface area contributed by atoms with Gasteiger partial charge in [0.05, 0.1) is 6.04 Å². The number of hydrogen-bond donors (Lipinski definition) is 6. The number of carbonyl (C=O) groups is 2. The van der Waals surface area contributed by atoms with Gasteiger partial charge in [-0.1, -0.05) is 30.3 Å². The van der Waals surface area contributed by atoms with Gasteiger partial charge in [-0.05, 0) is 49.4 Å². The highest BCUT2D eigenvalue weighted by atomic mass is 16.4. The summed E-state index contributed by atoms with van der Waals surface area (Å²) in [5.41, 5.74) is 13.4. The maximum atomic E-state index is 13.1. The standard InChI is InChI=1S/C25H30N6O4/c1-15-12-22(32)35-21-14-17(9-10-18(15)21)30-24(34)20(8-5-11-29-25(27)28)31-23(33)19(26)13-16-6-3-2-4-7-16/h2-4,6-7,9-10,12,14,19-20H,5,8,11,13,26H2,1H3,(H,30,34)(H,31,33)(H4,27,28,29)/t19-,20-/m0/s1. The Morgan fingerprint density at radius 1 is 1.09 bits per heavy atom. The number of nitrogens with two attached hydrogens (primary N) is 2. The largest absolute Gasteiger partial charge is 0.423 e. The Balaban J connectivity index is 1.71. The number of guanidine groups is 1. The van der Waals surface area contributed by atoms with Gasteiger partial charge in [-0.3, -0.25) is 15.0 Å². The molecule has 0 aliphatic carbocycles. The summed E-state index contributed by atoms with van der Waals surface area (Å²) in [6.07, 6.45) is 1.09. The zero-order valence-electron chi connectivity index (χ0n) is 19.5. The van der Waals surface area contributed by atoms with Crippen LogP contribution in [0.4, 0.5) is 5.69 Å². The van der Waals surface area contributed by atoms with Gasteiger partial charge in [0.2, 0.25) is 11.8 Å². The Morgan fingerprint density at radius 2 is 1.83 bits per heavy atom. The molecule has 1 aromatic heterocycles. The van der Waals surface area contributed by atoms with Gasteiger partial charge < -0.3 is 31.8 Å². The molecule has 35 heavy (non-hydrogen) atoms. The number of amides is 2. The molecule has 0 saturated heterocycles. The first-order valence-corrected chi connectivity index (χ1v) is 11.3. The summed E-state index contributed by atoms with van der Waals surface area (Å²) >= 11 is 0. The van der Waals surface area contributed by atoms with E-state index in [0.717, 1.165) is 16.5 Å². The molecule has 10 nitrogen and oxygen atoms in total. The van der Waals surface area contributed by atoms with Crippen LogP contribution in [0, 0.1) is 12.3 Å². The highest BCUT2D eigenvalue weighted by Crippen LogP contribution is 2.21. The number of rotatable bonds is 10. The van der Waals surface area contributed by atoms with E-state index in [2.05, 4.69) is 16.0 Å². The van der Waals surface area contributed by atoms with E-state index in [1.807, 2.05) is 30.3 Å². The predicted octanol–water partition coefficient (Wildman–Crippen LogP) is 1.36. The molecule has 184 valence electrons. The van der Waals surface area contributed by atoms with Gasteiger partial charge in [-0.25, -0.2) is 4.79 Å². The lowest BCUT2D eigenvalue weighted by Gasteiger charge is -2.21. The van der Waals surface area contributed by atoms with Crippen molar-refractivity contribution in [3.05, 3.63) is 76.1 Å². The van der Waals surface area contributed by atoms with Crippen LogP contribution in [0.5, 0.6) is 0 Å². The van der Waals surface area contributed by atoms with E-state index in [4.69, 9.17) is 21.3 Å². The molecule has 10 heteroatoms. The van der Waals surface area contributed by atoms with Crippen LogP contribution >= 0.6 is 0 Å². The topological polar surface area (TPSA) is 176 Å². The normalized spacial score (nSPS) is 12.5. The van der Waals surface area contributed by atoms with E-state index in [-0.39, 0.29) is 12.4 Å². The van der Waals surface area contributed by atoms with E-state index in [1.54, 1.807) is 25.1 Å². The van der Waals surface area contributed by atoms with Crippen molar-refractivity contribution in [2.75, 3.05) is 11.9 Å². The molecule has 2 amide bonds. The maximum absolute atomic E-state index is 13.1. The molecule has 0 unspecified atom stereocenters. The van der Waals surface area contributed by atoms with Crippen molar-refractivity contribution < 1.29 is 14.0 Å². The first kappa shape index (κ1) is 25.4. The summed E-state index contributed by atoms with van der Waals surface area (Å²) < 4.78 is 5.25. The number of fused-ring (bicyclic) bond motifs is 1. The lowest BCUT2D eigenvalue weighted by molar-refractivity contribution is -0.127. The van der Waals surface area contributed by atoms with Gasteiger partial charge in [0.1, 0.15) is 11.6 Å². The number of aryl methyl sites for hydroxylation is 1. The smallest absolute Gasteiger partial charge is 0.336 e. The molecular weight excluding hydrogens is 448 g/mol. The van der Waals surface area contributed by atoms with Gasteiger partial charge in [0.15, 0.2) is 5.96 Å². The molecular formula is C25H30N6O4. The third kappa shape index (κ3) is 7.41. The van der Waals surface area contributed by atoms with E-state index in [9.17, 15) is 14.4 Å². The number of anilines is 1. The summed E-state index contributed by atoms with van der Waals surface area (Å²) in [7, 11) is 0.